The van der Waals surface area contributed by atoms with Crippen LogP contribution in [-0.2, 0) is 10.0 Å². The second-order valence-corrected chi connectivity index (χ2v) is 7.56. The van der Waals surface area contributed by atoms with Gasteiger partial charge in [-0.1, -0.05) is 6.92 Å². The summed E-state index contributed by atoms with van der Waals surface area (Å²) < 4.78 is 26.1. The number of piperidine rings is 1. The van der Waals surface area contributed by atoms with E-state index >= 15 is 0 Å². The SMILES string of the molecule is CCNCCCCS(=O)(=O)N1CCC(N(C)C)CC1. The van der Waals surface area contributed by atoms with Crippen molar-refractivity contribution in [3.63, 3.8) is 0 Å². The molecule has 0 aromatic rings. The smallest absolute Gasteiger partial charge is 0.214 e. The Morgan fingerprint density at radius 1 is 1.21 bits per heavy atom. The van der Waals surface area contributed by atoms with Gasteiger partial charge in [0, 0.05) is 19.1 Å². The van der Waals surface area contributed by atoms with Crippen LogP contribution in [0.2, 0.25) is 0 Å². The summed E-state index contributed by atoms with van der Waals surface area (Å²) in [4.78, 5) is 2.19. The van der Waals surface area contributed by atoms with Crippen molar-refractivity contribution in [1.29, 1.82) is 0 Å². The minimum Gasteiger partial charge on any atom is -0.317 e. The molecule has 114 valence electrons. The van der Waals surface area contributed by atoms with Gasteiger partial charge in [0.05, 0.1) is 5.75 Å². The second kappa shape index (κ2) is 8.19. The van der Waals surface area contributed by atoms with Crippen molar-refractivity contribution in [1.82, 2.24) is 14.5 Å². The summed E-state index contributed by atoms with van der Waals surface area (Å²) in [5, 5.41) is 3.22. The summed E-state index contributed by atoms with van der Waals surface area (Å²) >= 11 is 0. The van der Waals surface area contributed by atoms with Gasteiger partial charge in [-0.3, -0.25) is 0 Å². The molecule has 0 aliphatic carbocycles. The number of rotatable bonds is 8. The fourth-order valence-corrected chi connectivity index (χ4v) is 4.07. The summed E-state index contributed by atoms with van der Waals surface area (Å²) in [6.45, 7) is 5.28. The maximum Gasteiger partial charge on any atom is 0.214 e. The topological polar surface area (TPSA) is 52.7 Å². The average Bonchev–Trinajstić information content (AvgIpc) is 2.38. The molecule has 0 aromatic heterocycles. The Bertz CT molecular complexity index is 336. The van der Waals surface area contributed by atoms with E-state index in [1.54, 1.807) is 4.31 Å². The van der Waals surface area contributed by atoms with Crippen LogP contribution < -0.4 is 5.32 Å². The second-order valence-electron chi connectivity index (χ2n) is 5.47. The van der Waals surface area contributed by atoms with Crippen LogP contribution in [0.25, 0.3) is 0 Å². The van der Waals surface area contributed by atoms with Crippen molar-refractivity contribution >= 4 is 10.0 Å². The first-order valence-electron chi connectivity index (χ1n) is 7.32. The van der Waals surface area contributed by atoms with Gasteiger partial charge in [-0.15, -0.1) is 0 Å². The third-order valence-corrected chi connectivity index (χ3v) is 5.76. The predicted molar refractivity (Wildman–Crippen MR) is 79.8 cm³/mol. The maximum absolute atomic E-state index is 12.2. The molecular weight excluding hydrogens is 262 g/mol. The number of hydrogen-bond donors (Lipinski definition) is 1. The summed E-state index contributed by atoms with van der Waals surface area (Å²) in [7, 11) is 1.10. The Balaban J connectivity index is 2.30. The minimum atomic E-state index is -3.03. The highest BCUT2D eigenvalue weighted by Gasteiger charge is 2.28. The van der Waals surface area contributed by atoms with Crippen LogP contribution in [0.15, 0.2) is 0 Å². The van der Waals surface area contributed by atoms with Gasteiger partial charge in [0.2, 0.25) is 10.0 Å². The summed E-state index contributed by atoms with van der Waals surface area (Å²) in [5.41, 5.74) is 0. The first-order valence-corrected chi connectivity index (χ1v) is 8.93. The molecule has 1 aliphatic rings. The molecule has 0 aromatic carbocycles. The van der Waals surface area contributed by atoms with Crippen LogP contribution in [0.4, 0.5) is 0 Å². The van der Waals surface area contributed by atoms with Crippen molar-refractivity contribution in [2.45, 2.75) is 38.6 Å². The molecule has 6 heteroatoms. The number of unbranched alkanes of at least 4 members (excludes halogenated alkanes) is 1. The monoisotopic (exact) mass is 291 g/mol. The first kappa shape index (κ1) is 16.9. The van der Waals surface area contributed by atoms with Gasteiger partial charge in [-0.05, 0) is 52.9 Å². The van der Waals surface area contributed by atoms with E-state index in [1.807, 2.05) is 0 Å². The zero-order chi connectivity index (χ0) is 14.3. The minimum absolute atomic E-state index is 0.297. The van der Waals surface area contributed by atoms with Crippen LogP contribution in [-0.4, -0.2) is 69.7 Å². The van der Waals surface area contributed by atoms with Crippen LogP contribution in [0, 0.1) is 0 Å². The van der Waals surface area contributed by atoms with Crippen molar-refractivity contribution in [2.75, 3.05) is 46.0 Å². The van der Waals surface area contributed by atoms with Gasteiger partial charge < -0.3 is 10.2 Å². The fraction of sp³-hybridized carbons (Fsp3) is 1.00. The van der Waals surface area contributed by atoms with Crippen molar-refractivity contribution < 1.29 is 8.42 Å². The molecule has 1 saturated heterocycles. The molecule has 1 aliphatic heterocycles. The van der Waals surface area contributed by atoms with Crippen molar-refractivity contribution in [2.24, 2.45) is 0 Å². The van der Waals surface area contributed by atoms with Crippen LogP contribution in [0.1, 0.15) is 32.6 Å². The molecule has 1 rings (SSSR count). The highest BCUT2D eigenvalue weighted by Crippen LogP contribution is 2.17. The van der Waals surface area contributed by atoms with E-state index in [0.717, 1.165) is 38.8 Å². The van der Waals surface area contributed by atoms with Gasteiger partial charge in [-0.2, -0.15) is 0 Å². The highest BCUT2D eigenvalue weighted by molar-refractivity contribution is 7.89. The van der Waals surface area contributed by atoms with Crippen molar-refractivity contribution in [3.8, 4) is 0 Å². The zero-order valence-corrected chi connectivity index (χ0v) is 13.4. The molecule has 0 radical (unpaired) electrons. The summed E-state index contributed by atoms with van der Waals surface area (Å²) in [5.74, 6) is 0.297. The van der Waals surface area contributed by atoms with Gasteiger partial charge in [0.25, 0.3) is 0 Å². The Morgan fingerprint density at radius 3 is 2.37 bits per heavy atom. The highest BCUT2D eigenvalue weighted by atomic mass is 32.2. The maximum atomic E-state index is 12.2. The van der Waals surface area contributed by atoms with Crippen LogP contribution in [0.5, 0.6) is 0 Å². The Labute approximate surface area is 118 Å². The van der Waals surface area contributed by atoms with Crippen LogP contribution >= 0.6 is 0 Å². The Morgan fingerprint density at radius 2 is 1.84 bits per heavy atom. The largest absolute Gasteiger partial charge is 0.317 e. The summed E-state index contributed by atoms with van der Waals surface area (Å²) in [6.07, 6.45) is 3.58. The molecule has 1 N–H and O–H groups in total. The van der Waals surface area contributed by atoms with E-state index in [0.29, 0.717) is 24.9 Å². The lowest BCUT2D eigenvalue weighted by Gasteiger charge is -2.34. The zero-order valence-electron chi connectivity index (χ0n) is 12.6. The summed E-state index contributed by atoms with van der Waals surface area (Å²) in [6, 6.07) is 0.528. The molecule has 0 unspecified atom stereocenters. The molecule has 0 bridgehead atoms. The first-order chi connectivity index (χ1) is 8.97. The van der Waals surface area contributed by atoms with Crippen LogP contribution in [0.3, 0.4) is 0 Å². The Kier molecular flexibility index (Phi) is 7.28. The average molecular weight is 291 g/mol. The molecule has 19 heavy (non-hydrogen) atoms. The van der Waals surface area contributed by atoms with E-state index < -0.39 is 10.0 Å². The standard InChI is InChI=1S/C13H29N3O2S/c1-4-14-9-5-6-12-19(17,18)16-10-7-13(8-11-16)15(2)3/h13-14H,4-12H2,1-3H3. The molecule has 5 nitrogen and oxygen atoms in total. The molecular formula is C13H29N3O2S. The lowest BCUT2D eigenvalue weighted by Crippen LogP contribution is -2.45. The third kappa shape index (κ3) is 5.77. The van der Waals surface area contributed by atoms with Gasteiger partial charge in [0.15, 0.2) is 0 Å². The van der Waals surface area contributed by atoms with E-state index in [4.69, 9.17) is 0 Å². The molecule has 0 saturated carbocycles. The van der Waals surface area contributed by atoms with Gasteiger partial charge >= 0.3 is 0 Å². The number of nitrogens with one attached hydrogen (secondary N) is 1. The van der Waals surface area contributed by atoms with E-state index in [9.17, 15) is 8.42 Å². The predicted octanol–water partition coefficient (Wildman–Crippen LogP) is 0.732. The lowest BCUT2D eigenvalue weighted by molar-refractivity contribution is 0.196. The quantitative estimate of drug-likeness (QED) is 0.670. The van der Waals surface area contributed by atoms with E-state index in [1.165, 1.54) is 0 Å². The normalized spacial score (nSPS) is 19.2. The lowest BCUT2D eigenvalue weighted by atomic mass is 10.1. The van der Waals surface area contributed by atoms with Crippen molar-refractivity contribution in [3.05, 3.63) is 0 Å². The molecule has 0 amide bonds. The molecule has 0 spiro atoms. The van der Waals surface area contributed by atoms with Gasteiger partial charge in [-0.25, -0.2) is 12.7 Å². The molecule has 0 atom stereocenters. The molecule has 1 heterocycles. The van der Waals surface area contributed by atoms with E-state index in [2.05, 4.69) is 31.2 Å². The van der Waals surface area contributed by atoms with E-state index in [-0.39, 0.29) is 0 Å². The Hall–Kier alpha value is -0.170. The molecule has 1 fully saturated rings. The van der Waals surface area contributed by atoms with Gasteiger partial charge in [0.1, 0.15) is 0 Å². The number of sulfonamides is 1. The fourth-order valence-electron chi connectivity index (χ4n) is 2.48. The number of nitrogens with zero attached hydrogens (tertiary/aromatic N) is 2. The number of hydrogen-bond acceptors (Lipinski definition) is 4. The third-order valence-electron chi connectivity index (χ3n) is 3.80.